The van der Waals surface area contributed by atoms with E-state index in [4.69, 9.17) is 14.0 Å². The largest absolute Gasteiger partial charge is 0.482 e. The van der Waals surface area contributed by atoms with E-state index in [1.54, 1.807) is 37.3 Å². The van der Waals surface area contributed by atoms with E-state index in [0.717, 1.165) is 11.3 Å². The highest BCUT2D eigenvalue weighted by atomic mass is 19.1. The van der Waals surface area contributed by atoms with Crippen molar-refractivity contribution in [2.75, 3.05) is 11.9 Å². The molecule has 8 nitrogen and oxygen atoms in total. The third-order valence-electron chi connectivity index (χ3n) is 4.58. The lowest BCUT2D eigenvalue weighted by molar-refractivity contribution is -0.148. The summed E-state index contributed by atoms with van der Waals surface area (Å²) in [6, 6.07) is 9.80. The Labute approximate surface area is 171 Å². The molecule has 30 heavy (non-hydrogen) atoms. The van der Waals surface area contributed by atoms with Gasteiger partial charge in [-0.15, -0.1) is 0 Å². The predicted octanol–water partition coefficient (Wildman–Crippen LogP) is 3.19. The summed E-state index contributed by atoms with van der Waals surface area (Å²) in [7, 11) is 0. The number of hydrogen-bond acceptors (Lipinski definition) is 7. The molecule has 1 amide bonds. The lowest BCUT2D eigenvalue weighted by atomic mass is 10.0. The number of ether oxygens (including phenoxy) is 2. The van der Waals surface area contributed by atoms with Crippen LogP contribution < -0.4 is 10.1 Å². The van der Waals surface area contributed by atoms with E-state index in [-0.39, 0.29) is 36.7 Å². The third kappa shape index (κ3) is 4.45. The Balaban J connectivity index is 1.29. The average molecular weight is 411 g/mol. The fraction of sp³-hybridized carbons (Fsp3) is 0.238. The maximum atomic E-state index is 13.7. The zero-order valence-corrected chi connectivity index (χ0v) is 16.1. The summed E-state index contributed by atoms with van der Waals surface area (Å²) in [6.07, 6.45) is 1.03. The van der Waals surface area contributed by atoms with Gasteiger partial charge in [0, 0.05) is 17.7 Å². The molecule has 0 atom stereocenters. The van der Waals surface area contributed by atoms with Crippen molar-refractivity contribution in [3.63, 3.8) is 0 Å². The van der Waals surface area contributed by atoms with Crippen LogP contribution in [0.3, 0.4) is 0 Å². The minimum absolute atomic E-state index is 0.0172. The summed E-state index contributed by atoms with van der Waals surface area (Å²) in [5, 5.41) is 6.55. The van der Waals surface area contributed by atoms with E-state index in [9.17, 15) is 14.0 Å². The molecular weight excluding hydrogens is 393 g/mol. The van der Waals surface area contributed by atoms with Crippen molar-refractivity contribution in [3.8, 4) is 17.1 Å². The number of esters is 1. The Bertz CT molecular complexity index is 1110. The number of nitrogens with zero attached hydrogens (tertiary/aromatic N) is 2. The standard InChI is InChI=1S/C21H18FN3O5/c1-12-2-3-14(9-16(12)22)21-24-19(30-25-21)10-29-20(27)11-28-15-5-6-17-13(8-15)4-7-18(26)23-17/h2-3,5-6,8-9H,4,7,10-11H2,1H3,(H,23,26). The topological polar surface area (TPSA) is 104 Å². The van der Waals surface area contributed by atoms with Crippen LogP contribution in [0.5, 0.6) is 5.75 Å². The molecule has 1 aromatic heterocycles. The maximum Gasteiger partial charge on any atom is 0.344 e. The average Bonchev–Trinajstić information content (AvgIpc) is 3.21. The van der Waals surface area contributed by atoms with Crippen LogP contribution in [0.1, 0.15) is 23.4 Å². The van der Waals surface area contributed by atoms with Gasteiger partial charge in [0.15, 0.2) is 13.2 Å². The molecule has 4 rings (SSSR count). The molecule has 1 aliphatic heterocycles. The lowest BCUT2D eigenvalue weighted by Gasteiger charge is -2.17. The van der Waals surface area contributed by atoms with Crippen LogP contribution in [0, 0.1) is 12.7 Å². The Morgan fingerprint density at radius 2 is 2.10 bits per heavy atom. The van der Waals surface area contributed by atoms with Gasteiger partial charge in [-0.2, -0.15) is 4.98 Å². The normalized spacial score (nSPS) is 12.8. The van der Waals surface area contributed by atoms with Crippen LogP contribution in [-0.2, 0) is 27.4 Å². The number of carbonyl (C=O) groups excluding carboxylic acids is 2. The minimum Gasteiger partial charge on any atom is -0.482 e. The molecule has 0 aliphatic carbocycles. The predicted molar refractivity (Wildman–Crippen MR) is 103 cm³/mol. The van der Waals surface area contributed by atoms with Gasteiger partial charge >= 0.3 is 5.97 Å². The molecule has 0 spiro atoms. The molecule has 1 aliphatic rings. The lowest BCUT2D eigenvalue weighted by Crippen LogP contribution is -2.19. The smallest absolute Gasteiger partial charge is 0.344 e. The van der Waals surface area contributed by atoms with E-state index in [2.05, 4.69) is 15.5 Å². The second-order valence-corrected chi connectivity index (χ2v) is 6.79. The highest BCUT2D eigenvalue weighted by molar-refractivity contribution is 5.94. The van der Waals surface area contributed by atoms with Gasteiger partial charge in [0.2, 0.25) is 11.7 Å². The first kappa shape index (κ1) is 19.6. The molecule has 1 N–H and O–H groups in total. The second kappa shape index (κ2) is 8.32. The number of halogens is 1. The minimum atomic E-state index is -0.609. The van der Waals surface area contributed by atoms with Crippen LogP contribution in [0.15, 0.2) is 40.9 Å². The van der Waals surface area contributed by atoms with Crippen molar-refractivity contribution in [2.24, 2.45) is 0 Å². The van der Waals surface area contributed by atoms with Crippen molar-refractivity contribution in [1.82, 2.24) is 10.1 Å². The Morgan fingerprint density at radius 1 is 1.23 bits per heavy atom. The van der Waals surface area contributed by atoms with E-state index in [1.807, 2.05) is 0 Å². The quantitative estimate of drug-likeness (QED) is 0.621. The van der Waals surface area contributed by atoms with E-state index < -0.39 is 5.97 Å². The highest BCUT2D eigenvalue weighted by Crippen LogP contribution is 2.26. The number of nitrogens with one attached hydrogen (secondary N) is 1. The Morgan fingerprint density at radius 3 is 2.93 bits per heavy atom. The molecule has 0 fully saturated rings. The molecule has 0 saturated heterocycles. The zero-order chi connectivity index (χ0) is 21.1. The molecule has 2 aromatic carbocycles. The molecule has 154 valence electrons. The summed E-state index contributed by atoms with van der Waals surface area (Å²) in [6.45, 7) is 1.14. The van der Waals surface area contributed by atoms with Gasteiger partial charge in [0.1, 0.15) is 11.6 Å². The molecule has 0 radical (unpaired) electrons. The number of anilines is 1. The highest BCUT2D eigenvalue weighted by Gasteiger charge is 2.16. The first-order valence-corrected chi connectivity index (χ1v) is 9.28. The van der Waals surface area contributed by atoms with E-state index in [0.29, 0.717) is 29.7 Å². The number of fused-ring (bicyclic) bond motifs is 1. The zero-order valence-electron chi connectivity index (χ0n) is 16.1. The molecule has 0 unspecified atom stereocenters. The molecule has 0 bridgehead atoms. The molecule has 0 saturated carbocycles. The van der Waals surface area contributed by atoms with Crippen molar-refractivity contribution in [3.05, 3.63) is 59.2 Å². The number of carbonyl (C=O) groups is 2. The van der Waals surface area contributed by atoms with Crippen LogP contribution in [0.4, 0.5) is 10.1 Å². The Hall–Kier alpha value is -3.75. The van der Waals surface area contributed by atoms with Gasteiger partial charge in [-0.05, 0) is 48.7 Å². The van der Waals surface area contributed by atoms with Gasteiger partial charge in [-0.25, -0.2) is 9.18 Å². The number of benzene rings is 2. The fourth-order valence-corrected chi connectivity index (χ4v) is 2.94. The van der Waals surface area contributed by atoms with Crippen molar-refractivity contribution < 1.29 is 28.0 Å². The van der Waals surface area contributed by atoms with Gasteiger partial charge in [-0.3, -0.25) is 4.79 Å². The van der Waals surface area contributed by atoms with Gasteiger partial charge in [0.05, 0.1) is 0 Å². The van der Waals surface area contributed by atoms with Crippen LogP contribution >= 0.6 is 0 Å². The molecular formula is C21H18FN3O5. The van der Waals surface area contributed by atoms with Crippen LogP contribution in [0.25, 0.3) is 11.4 Å². The monoisotopic (exact) mass is 411 g/mol. The van der Waals surface area contributed by atoms with Crippen molar-refractivity contribution in [2.45, 2.75) is 26.4 Å². The van der Waals surface area contributed by atoms with E-state index >= 15 is 0 Å². The number of aryl methyl sites for hydroxylation is 2. The van der Waals surface area contributed by atoms with Gasteiger partial charge < -0.3 is 19.3 Å². The summed E-state index contributed by atoms with van der Waals surface area (Å²) in [4.78, 5) is 27.4. The molecule has 3 aromatic rings. The first-order valence-electron chi connectivity index (χ1n) is 9.28. The molecule has 9 heteroatoms. The molecule has 2 heterocycles. The van der Waals surface area contributed by atoms with Crippen molar-refractivity contribution >= 4 is 17.6 Å². The van der Waals surface area contributed by atoms with Crippen molar-refractivity contribution in [1.29, 1.82) is 0 Å². The summed E-state index contributed by atoms with van der Waals surface area (Å²) in [5.74, 6) is -0.199. The van der Waals surface area contributed by atoms with Gasteiger partial charge in [-0.1, -0.05) is 17.3 Å². The Kier molecular flexibility index (Phi) is 5.42. The van der Waals surface area contributed by atoms with Crippen LogP contribution in [0.2, 0.25) is 0 Å². The number of rotatable bonds is 6. The van der Waals surface area contributed by atoms with Crippen LogP contribution in [-0.4, -0.2) is 28.6 Å². The summed E-state index contributed by atoms with van der Waals surface area (Å²) in [5.41, 5.74) is 2.68. The fourth-order valence-electron chi connectivity index (χ4n) is 2.94. The first-order chi connectivity index (χ1) is 14.5. The van der Waals surface area contributed by atoms with Gasteiger partial charge in [0.25, 0.3) is 5.89 Å². The summed E-state index contributed by atoms with van der Waals surface area (Å²) < 4.78 is 29.2. The van der Waals surface area contributed by atoms with E-state index in [1.165, 1.54) is 6.07 Å². The third-order valence-corrected chi connectivity index (χ3v) is 4.58. The summed E-state index contributed by atoms with van der Waals surface area (Å²) >= 11 is 0. The number of aromatic nitrogens is 2. The maximum absolute atomic E-state index is 13.7. The number of amides is 1. The number of hydrogen-bond donors (Lipinski definition) is 1. The SMILES string of the molecule is Cc1ccc(-c2noc(COC(=O)COc3ccc4c(c3)CCC(=O)N4)n2)cc1F. The second-order valence-electron chi connectivity index (χ2n) is 6.79.